The van der Waals surface area contributed by atoms with E-state index in [0.717, 1.165) is 28.1 Å². The van der Waals surface area contributed by atoms with Crippen LogP contribution in [-0.2, 0) is 10.3 Å². The Labute approximate surface area is 215 Å². The third-order valence-corrected chi connectivity index (χ3v) is 8.58. The summed E-state index contributed by atoms with van der Waals surface area (Å²) in [6.07, 6.45) is 4.72. The van der Waals surface area contributed by atoms with E-state index < -0.39 is 11.4 Å². The Balaban J connectivity index is 1.28. The highest BCUT2D eigenvalue weighted by Gasteiger charge is 2.51. The van der Waals surface area contributed by atoms with Crippen LogP contribution in [0.15, 0.2) is 58.2 Å². The zero-order chi connectivity index (χ0) is 23.9. The summed E-state index contributed by atoms with van der Waals surface area (Å²) in [4.78, 5) is 24.8. The van der Waals surface area contributed by atoms with Gasteiger partial charge in [-0.2, -0.15) is 0 Å². The fourth-order valence-corrected chi connectivity index (χ4v) is 6.32. The molecule has 2 unspecified atom stereocenters. The Morgan fingerprint density at radius 1 is 1.26 bits per heavy atom. The molecule has 2 aliphatic rings. The van der Waals surface area contributed by atoms with E-state index in [1.807, 2.05) is 36.1 Å². The molecule has 2 fully saturated rings. The zero-order valence-corrected chi connectivity index (χ0v) is 21.7. The lowest BCUT2D eigenvalue weighted by Crippen LogP contribution is -2.64. The largest absolute Gasteiger partial charge is 0.340 e. The Bertz CT molecular complexity index is 1260. The number of benzene rings is 1. The molecule has 2 aromatic heterocycles. The van der Waals surface area contributed by atoms with Crippen molar-refractivity contribution >= 4 is 45.2 Å². The molecular formula is C25H23BrClFN4OS. The lowest BCUT2D eigenvalue weighted by molar-refractivity contribution is -0.141. The molecule has 0 spiro atoms. The maximum Gasteiger partial charge on any atom is 0.249 e. The van der Waals surface area contributed by atoms with Crippen molar-refractivity contribution in [2.24, 2.45) is 0 Å². The van der Waals surface area contributed by atoms with Crippen molar-refractivity contribution in [3.8, 4) is 11.1 Å². The lowest BCUT2D eigenvalue weighted by Gasteiger charge is -2.43. The summed E-state index contributed by atoms with van der Waals surface area (Å²) in [6, 6.07) is 11.4. The van der Waals surface area contributed by atoms with E-state index in [0.29, 0.717) is 35.6 Å². The van der Waals surface area contributed by atoms with Crippen LogP contribution in [0, 0.1) is 12.7 Å². The fourth-order valence-electron chi connectivity index (χ4n) is 4.55. The third-order valence-electron chi connectivity index (χ3n) is 6.39. The molecular weight excluding hydrogens is 539 g/mol. The van der Waals surface area contributed by atoms with Crippen molar-refractivity contribution < 1.29 is 9.18 Å². The first kappa shape index (κ1) is 23.7. The molecule has 2 aliphatic heterocycles. The normalized spacial score (nSPS) is 22.0. The summed E-state index contributed by atoms with van der Waals surface area (Å²) < 4.78 is 15.2. The van der Waals surface area contributed by atoms with Crippen molar-refractivity contribution in [1.29, 1.82) is 0 Å². The number of amides is 1. The highest BCUT2D eigenvalue weighted by Crippen LogP contribution is 2.39. The molecule has 2 saturated heterocycles. The van der Waals surface area contributed by atoms with Crippen molar-refractivity contribution in [2.75, 3.05) is 19.6 Å². The lowest BCUT2D eigenvalue weighted by atomic mass is 9.82. The maximum atomic E-state index is 14.7. The molecule has 1 aromatic carbocycles. The van der Waals surface area contributed by atoms with Crippen LogP contribution in [0.25, 0.3) is 11.1 Å². The first-order valence-corrected chi connectivity index (χ1v) is 13.2. The SMILES string of the molecule is Cc1cc(-c2ccc(SC3CCN(C(=O)C4(c5ncc(Br)cc5F)CCN4)C3)c(Cl)c2)ccn1. The van der Waals surface area contributed by atoms with Crippen LogP contribution in [0.5, 0.6) is 0 Å². The first-order chi connectivity index (χ1) is 16.4. The van der Waals surface area contributed by atoms with Gasteiger partial charge in [0.05, 0.1) is 5.02 Å². The van der Waals surface area contributed by atoms with Gasteiger partial charge in [0, 0.05) is 45.8 Å². The number of halogens is 3. The number of pyridine rings is 2. The number of rotatable bonds is 5. The first-order valence-electron chi connectivity index (χ1n) is 11.1. The average molecular weight is 562 g/mol. The average Bonchev–Trinajstić information content (AvgIpc) is 3.24. The van der Waals surface area contributed by atoms with Gasteiger partial charge in [0.25, 0.3) is 0 Å². The van der Waals surface area contributed by atoms with Gasteiger partial charge < -0.3 is 4.90 Å². The van der Waals surface area contributed by atoms with E-state index in [1.54, 1.807) is 18.0 Å². The molecule has 2 atom stereocenters. The minimum Gasteiger partial charge on any atom is -0.340 e. The predicted molar refractivity (Wildman–Crippen MR) is 136 cm³/mol. The minimum atomic E-state index is -1.08. The predicted octanol–water partition coefficient (Wildman–Crippen LogP) is 5.59. The van der Waals surface area contributed by atoms with E-state index in [-0.39, 0.29) is 16.9 Å². The summed E-state index contributed by atoms with van der Waals surface area (Å²) in [5, 5.41) is 4.08. The number of aromatic nitrogens is 2. The third kappa shape index (κ3) is 4.49. The Morgan fingerprint density at radius 2 is 2.06 bits per heavy atom. The number of likely N-dealkylation sites (tertiary alicyclic amines) is 1. The minimum absolute atomic E-state index is 0.106. The molecule has 0 radical (unpaired) electrons. The Hall–Kier alpha value is -2.00. The molecule has 0 saturated carbocycles. The molecule has 34 heavy (non-hydrogen) atoms. The van der Waals surface area contributed by atoms with Gasteiger partial charge in [-0.3, -0.25) is 20.1 Å². The number of thioether (sulfide) groups is 1. The molecule has 5 rings (SSSR count). The van der Waals surface area contributed by atoms with Gasteiger partial charge in [-0.25, -0.2) is 4.39 Å². The maximum absolute atomic E-state index is 14.7. The van der Waals surface area contributed by atoms with Crippen molar-refractivity contribution in [3.63, 3.8) is 0 Å². The molecule has 9 heteroatoms. The smallest absolute Gasteiger partial charge is 0.249 e. The van der Waals surface area contributed by atoms with Crippen molar-refractivity contribution in [2.45, 2.75) is 35.4 Å². The number of carbonyl (C=O) groups is 1. The molecule has 0 bridgehead atoms. The highest BCUT2D eigenvalue weighted by molar-refractivity contribution is 9.10. The van der Waals surface area contributed by atoms with Crippen LogP contribution in [-0.4, -0.2) is 45.7 Å². The van der Waals surface area contributed by atoms with Crippen LogP contribution in [0.3, 0.4) is 0 Å². The Morgan fingerprint density at radius 3 is 2.74 bits per heavy atom. The number of hydrogen-bond acceptors (Lipinski definition) is 5. The molecule has 176 valence electrons. The number of nitrogens with one attached hydrogen (secondary N) is 1. The second-order valence-electron chi connectivity index (χ2n) is 8.68. The second kappa shape index (κ2) is 9.57. The molecule has 1 N–H and O–H groups in total. The summed E-state index contributed by atoms with van der Waals surface area (Å²) in [5.41, 5.74) is 2.18. The topological polar surface area (TPSA) is 58.1 Å². The van der Waals surface area contributed by atoms with E-state index >= 15 is 0 Å². The van der Waals surface area contributed by atoms with Gasteiger partial charge in [-0.05, 0) is 83.7 Å². The quantitative estimate of drug-likeness (QED) is 0.440. The zero-order valence-electron chi connectivity index (χ0n) is 18.5. The van der Waals surface area contributed by atoms with Gasteiger partial charge in [0.15, 0.2) is 0 Å². The Kier molecular flexibility index (Phi) is 6.68. The molecule has 3 aromatic rings. The van der Waals surface area contributed by atoms with E-state index in [2.05, 4.69) is 37.3 Å². The van der Waals surface area contributed by atoms with Crippen LogP contribution in [0.2, 0.25) is 5.02 Å². The molecule has 4 heterocycles. The van der Waals surface area contributed by atoms with Gasteiger partial charge in [0.1, 0.15) is 17.1 Å². The fraction of sp³-hybridized carbons (Fsp3) is 0.320. The number of nitrogens with zero attached hydrogens (tertiary/aromatic N) is 3. The van der Waals surface area contributed by atoms with Gasteiger partial charge in [0.2, 0.25) is 5.91 Å². The highest BCUT2D eigenvalue weighted by atomic mass is 79.9. The summed E-state index contributed by atoms with van der Waals surface area (Å²) >= 11 is 11.6. The van der Waals surface area contributed by atoms with E-state index in [9.17, 15) is 9.18 Å². The van der Waals surface area contributed by atoms with Gasteiger partial charge >= 0.3 is 0 Å². The van der Waals surface area contributed by atoms with Crippen molar-refractivity contribution in [3.05, 3.63) is 75.5 Å². The number of carbonyl (C=O) groups excluding carboxylic acids is 1. The van der Waals surface area contributed by atoms with Gasteiger partial charge in [-0.1, -0.05) is 17.7 Å². The molecule has 0 aliphatic carbocycles. The van der Waals surface area contributed by atoms with Crippen molar-refractivity contribution in [1.82, 2.24) is 20.2 Å². The van der Waals surface area contributed by atoms with Gasteiger partial charge in [-0.15, -0.1) is 11.8 Å². The van der Waals surface area contributed by atoms with Crippen LogP contribution >= 0.6 is 39.3 Å². The molecule has 1 amide bonds. The van der Waals surface area contributed by atoms with Crippen LogP contribution in [0.4, 0.5) is 4.39 Å². The second-order valence-corrected chi connectivity index (χ2v) is 11.3. The summed E-state index contributed by atoms with van der Waals surface area (Å²) in [7, 11) is 0. The number of aryl methyl sites for hydroxylation is 1. The van der Waals surface area contributed by atoms with Crippen LogP contribution < -0.4 is 5.32 Å². The number of hydrogen-bond donors (Lipinski definition) is 1. The van der Waals surface area contributed by atoms with E-state index in [1.165, 1.54) is 12.3 Å². The monoisotopic (exact) mass is 560 g/mol. The standard InChI is InChI=1S/C25H23BrClFN4OS/c1-15-10-17(4-7-29-15)16-2-3-22(20(27)11-16)34-19-5-9-32(14-19)24(33)25(6-8-31-25)23-21(28)12-18(26)13-30-23/h2-4,7,10-13,19,31H,5-6,8-9,14H2,1H3. The van der Waals surface area contributed by atoms with E-state index in [4.69, 9.17) is 11.6 Å². The summed E-state index contributed by atoms with van der Waals surface area (Å²) in [6.45, 7) is 3.84. The molecule has 5 nitrogen and oxygen atoms in total. The summed E-state index contributed by atoms with van der Waals surface area (Å²) in [5.74, 6) is -0.582. The van der Waals surface area contributed by atoms with Crippen LogP contribution in [0.1, 0.15) is 24.2 Å².